The molecule has 1 aromatic rings. The quantitative estimate of drug-likeness (QED) is 0.856. The van der Waals surface area contributed by atoms with Crippen molar-refractivity contribution in [1.29, 1.82) is 0 Å². The van der Waals surface area contributed by atoms with Crippen molar-refractivity contribution in [3.8, 4) is 0 Å². The van der Waals surface area contributed by atoms with E-state index in [-0.39, 0.29) is 11.8 Å². The van der Waals surface area contributed by atoms with Gasteiger partial charge >= 0.3 is 0 Å². The third-order valence-corrected chi connectivity index (χ3v) is 4.59. The van der Waals surface area contributed by atoms with Crippen molar-refractivity contribution in [2.45, 2.75) is 33.1 Å². The smallest absolute Gasteiger partial charge is 0.228 e. The van der Waals surface area contributed by atoms with Crippen LogP contribution >= 0.6 is 0 Å². The van der Waals surface area contributed by atoms with Crippen LogP contribution in [0.1, 0.15) is 30.4 Å². The number of hydrogen-bond donors (Lipinski definition) is 2. The van der Waals surface area contributed by atoms with Gasteiger partial charge in [0.2, 0.25) is 5.91 Å². The predicted molar refractivity (Wildman–Crippen MR) is 77.2 cm³/mol. The van der Waals surface area contributed by atoms with Crippen LogP contribution in [0.4, 0.5) is 5.69 Å². The number of piperidine rings is 1. The maximum atomic E-state index is 12.3. The van der Waals surface area contributed by atoms with Crippen LogP contribution in [0.25, 0.3) is 0 Å². The van der Waals surface area contributed by atoms with Gasteiger partial charge in [-0.05, 0) is 74.9 Å². The molecule has 2 fully saturated rings. The van der Waals surface area contributed by atoms with Gasteiger partial charge in [0.25, 0.3) is 0 Å². The standard InChI is InChI=1S/C16H22N2O/c1-11-7-12(2)9-13(8-11)18-15(19)14-10-16(14)3-5-17-6-4-16/h7-9,14,17H,3-6,10H2,1-2H3,(H,18,19). The van der Waals surface area contributed by atoms with Crippen LogP contribution in [-0.4, -0.2) is 19.0 Å². The highest BCUT2D eigenvalue weighted by molar-refractivity contribution is 5.95. The number of hydrogen-bond acceptors (Lipinski definition) is 2. The maximum Gasteiger partial charge on any atom is 0.228 e. The minimum Gasteiger partial charge on any atom is -0.326 e. The van der Waals surface area contributed by atoms with E-state index in [0.29, 0.717) is 5.41 Å². The Kier molecular flexibility index (Phi) is 3.09. The Labute approximate surface area is 114 Å². The van der Waals surface area contributed by atoms with Crippen molar-refractivity contribution in [1.82, 2.24) is 5.32 Å². The lowest BCUT2D eigenvalue weighted by Crippen LogP contribution is -2.31. The van der Waals surface area contributed by atoms with Crippen molar-refractivity contribution in [3.05, 3.63) is 29.3 Å². The predicted octanol–water partition coefficient (Wildman–Crippen LogP) is 2.63. The average Bonchev–Trinajstić information content (AvgIpc) is 3.02. The van der Waals surface area contributed by atoms with Crippen molar-refractivity contribution >= 4 is 11.6 Å². The van der Waals surface area contributed by atoms with E-state index in [1.54, 1.807) is 0 Å². The van der Waals surface area contributed by atoms with Gasteiger partial charge in [0.1, 0.15) is 0 Å². The van der Waals surface area contributed by atoms with Gasteiger partial charge in [-0.1, -0.05) is 6.07 Å². The summed E-state index contributed by atoms with van der Waals surface area (Å²) >= 11 is 0. The number of rotatable bonds is 2. The second-order valence-corrected chi connectivity index (χ2v) is 6.23. The number of amides is 1. The summed E-state index contributed by atoms with van der Waals surface area (Å²) in [6, 6.07) is 6.21. The lowest BCUT2D eigenvalue weighted by Gasteiger charge is -2.23. The van der Waals surface area contributed by atoms with Gasteiger partial charge in [-0.3, -0.25) is 4.79 Å². The minimum absolute atomic E-state index is 0.215. The lowest BCUT2D eigenvalue weighted by molar-refractivity contribution is -0.118. The van der Waals surface area contributed by atoms with Crippen molar-refractivity contribution in [2.75, 3.05) is 18.4 Å². The zero-order valence-electron chi connectivity index (χ0n) is 11.8. The molecule has 1 aliphatic heterocycles. The first kappa shape index (κ1) is 12.7. The molecule has 1 unspecified atom stereocenters. The maximum absolute atomic E-state index is 12.3. The topological polar surface area (TPSA) is 41.1 Å². The van der Waals surface area contributed by atoms with Gasteiger partial charge in [0.15, 0.2) is 0 Å². The Bertz CT molecular complexity index is 483. The number of aryl methyl sites for hydroxylation is 2. The molecule has 3 heteroatoms. The normalized spacial score (nSPS) is 24.2. The molecule has 2 aliphatic rings. The minimum atomic E-state index is 0.215. The van der Waals surface area contributed by atoms with Gasteiger partial charge < -0.3 is 10.6 Å². The molecule has 1 aromatic carbocycles. The molecule has 102 valence electrons. The van der Waals surface area contributed by atoms with Crippen LogP contribution in [0.5, 0.6) is 0 Å². The molecule has 1 aliphatic carbocycles. The van der Waals surface area contributed by atoms with Gasteiger partial charge in [-0.2, -0.15) is 0 Å². The highest BCUT2D eigenvalue weighted by atomic mass is 16.2. The lowest BCUT2D eigenvalue weighted by atomic mass is 9.92. The fourth-order valence-corrected chi connectivity index (χ4v) is 3.47. The zero-order chi connectivity index (χ0) is 13.5. The first-order valence-electron chi connectivity index (χ1n) is 7.19. The first-order chi connectivity index (χ1) is 9.09. The van der Waals surface area contributed by atoms with E-state index >= 15 is 0 Å². The van der Waals surface area contributed by atoms with E-state index < -0.39 is 0 Å². The molecular formula is C16H22N2O. The average molecular weight is 258 g/mol. The van der Waals surface area contributed by atoms with Gasteiger partial charge in [-0.15, -0.1) is 0 Å². The summed E-state index contributed by atoms with van der Waals surface area (Å²) in [5.74, 6) is 0.447. The Morgan fingerprint density at radius 2 is 1.84 bits per heavy atom. The van der Waals surface area contributed by atoms with Crippen LogP contribution in [0.3, 0.4) is 0 Å². The number of carbonyl (C=O) groups excluding carboxylic acids is 1. The third-order valence-electron chi connectivity index (χ3n) is 4.59. The van der Waals surface area contributed by atoms with Gasteiger partial charge in [-0.25, -0.2) is 0 Å². The summed E-state index contributed by atoms with van der Waals surface area (Å²) in [6.07, 6.45) is 3.38. The van der Waals surface area contributed by atoms with Crippen LogP contribution in [-0.2, 0) is 4.79 Å². The molecule has 1 spiro atoms. The number of benzene rings is 1. The molecule has 3 rings (SSSR count). The highest BCUT2D eigenvalue weighted by Crippen LogP contribution is 2.58. The SMILES string of the molecule is Cc1cc(C)cc(NC(=O)C2CC23CCNCC3)c1. The largest absolute Gasteiger partial charge is 0.326 e. The van der Waals surface area contributed by atoms with Gasteiger partial charge in [0, 0.05) is 11.6 Å². The molecule has 2 N–H and O–H groups in total. The van der Waals surface area contributed by atoms with E-state index in [4.69, 9.17) is 0 Å². The summed E-state index contributed by atoms with van der Waals surface area (Å²) in [6.45, 7) is 6.25. The zero-order valence-corrected chi connectivity index (χ0v) is 11.8. The molecule has 3 nitrogen and oxygen atoms in total. The summed E-state index contributed by atoms with van der Waals surface area (Å²) < 4.78 is 0. The number of carbonyl (C=O) groups is 1. The summed E-state index contributed by atoms with van der Waals surface area (Å²) in [7, 11) is 0. The van der Waals surface area contributed by atoms with E-state index in [9.17, 15) is 4.79 Å². The molecule has 1 saturated carbocycles. The molecule has 0 radical (unpaired) electrons. The van der Waals surface area contributed by atoms with E-state index in [0.717, 1.165) is 38.0 Å². The Balaban J connectivity index is 1.66. The van der Waals surface area contributed by atoms with Crippen LogP contribution in [0, 0.1) is 25.2 Å². The molecule has 1 amide bonds. The van der Waals surface area contributed by atoms with Crippen molar-refractivity contribution < 1.29 is 4.79 Å². The van der Waals surface area contributed by atoms with Crippen LogP contribution in [0.2, 0.25) is 0 Å². The molecule has 1 atom stereocenters. The van der Waals surface area contributed by atoms with Crippen LogP contribution < -0.4 is 10.6 Å². The first-order valence-corrected chi connectivity index (χ1v) is 7.19. The van der Waals surface area contributed by atoms with Gasteiger partial charge in [0.05, 0.1) is 0 Å². The highest BCUT2D eigenvalue weighted by Gasteiger charge is 2.57. The molecule has 0 aromatic heterocycles. The van der Waals surface area contributed by atoms with Crippen LogP contribution in [0.15, 0.2) is 18.2 Å². The fraction of sp³-hybridized carbons (Fsp3) is 0.562. The molecule has 0 bridgehead atoms. The third kappa shape index (κ3) is 2.52. The summed E-state index contributed by atoms with van der Waals surface area (Å²) in [5, 5.41) is 6.47. The van der Waals surface area contributed by atoms with Crippen molar-refractivity contribution in [2.24, 2.45) is 11.3 Å². The Hall–Kier alpha value is -1.35. The number of nitrogens with one attached hydrogen (secondary N) is 2. The van der Waals surface area contributed by atoms with E-state index in [1.807, 2.05) is 12.1 Å². The molecule has 19 heavy (non-hydrogen) atoms. The monoisotopic (exact) mass is 258 g/mol. The summed E-state index contributed by atoms with van der Waals surface area (Å²) in [5.41, 5.74) is 3.65. The molecule has 1 saturated heterocycles. The van der Waals surface area contributed by atoms with Crippen molar-refractivity contribution in [3.63, 3.8) is 0 Å². The number of anilines is 1. The Morgan fingerprint density at radius 3 is 2.47 bits per heavy atom. The van der Waals surface area contributed by atoms with E-state index in [1.165, 1.54) is 11.1 Å². The second-order valence-electron chi connectivity index (χ2n) is 6.23. The van der Waals surface area contributed by atoms with E-state index in [2.05, 4.69) is 30.5 Å². The molecular weight excluding hydrogens is 236 g/mol. The Morgan fingerprint density at radius 1 is 1.21 bits per heavy atom. The fourth-order valence-electron chi connectivity index (χ4n) is 3.47. The molecule has 1 heterocycles. The summed E-state index contributed by atoms with van der Waals surface area (Å²) in [4.78, 5) is 12.3. The second kappa shape index (κ2) is 4.64.